The quantitative estimate of drug-likeness (QED) is 0.746. The van der Waals surface area contributed by atoms with Crippen molar-refractivity contribution < 1.29 is 19.8 Å². The lowest BCUT2D eigenvalue weighted by atomic mass is 9.91. The van der Waals surface area contributed by atoms with Crippen molar-refractivity contribution >= 4 is 23.4 Å². The molecular formula is C12H12ClNO4. The standard InChI is InChI=1S/C12H12ClNO4/c13-7-1-2-8-6(3-7)4-12(18,10(8)15)5-9(14)11(16)17/h1-3,9,18H,4-5,14H2,(H,16,17)/t9-,12+/m0/s1. The first-order valence-electron chi connectivity index (χ1n) is 5.37. The van der Waals surface area contributed by atoms with Crippen molar-refractivity contribution in [3.8, 4) is 0 Å². The fourth-order valence-electron chi connectivity index (χ4n) is 2.19. The number of fused-ring (bicyclic) bond motifs is 1. The number of carboxylic acid groups (broad SMARTS) is 1. The number of nitrogens with two attached hydrogens (primary N) is 1. The molecule has 0 bridgehead atoms. The SMILES string of the molecule is N[C@@H](C[C@]1(O)Cc2cc(Cl)ccc2C1=O)C(=O)O. The molecule has 0 aliphatic heterocycles. The van der Waals surface area contributed by atoms with E-state index in [1.165, 1.54) is 6.07 Å². The van der Waals surface area contributed by atoms with E-state index in [-0.39, 0.29) is 12.8 Å². The summed E-state index contributed by atoms with van der Waals surface area (Å²) in [5.41, 5.74) is 4.62. The minimum absolute atomic E-state index is 0.0444. The van der Waals surface area contributed by atoms with Crippen molar-refractivity contribution in [1.29, 1.82) is 0 Å². The average Bonchev–Trinajstić information content (AvgIpc) is 2.50. The van der Waals surface area contributed by atoms with Gasteiger partial charge in [0, 0.05) is 23.4 Å². The maximum absolute atomic E-state index is 12.0. The van der Waals surface area contributed by atoms with Crippen molar-refractivity contribution in [2.24, 2.45) is 5.73 Å². The number of benzene rings is 1. The molecule has 0 aromatic heterocycles. The zero-order valence-electron chi connectivity index (χ0n) is 9.39. The van der Waals surface area contributed by atoms with Crippen LogP contribution in [0.15, 0.2) is 18.2 Å². The third kappa shape index (κ3) is 2.12. The van der Waals surface area contributed by atoms with Crippen LogP contribution in [0.4, 0.5) is 0 Å². The van der Waals surface area contributed by atoms with E-state index >= 15 is 0 Å². The molecule has 0 spiro atoms. The molecule has 6 heteroatoms. The molecular weight excluding hydrogens is 258 g/mol. The number of halogens is 1. The molecule has 96 valence electrons. The van der Waals surface area contributed by atoms with Crippen molar-refractivity contribution in [3.63, 3.8) is 0 Å². The number of rotatable bonds is 3. The van der Waals surface area contributed by atoms with E-state index in [1.807, 2.05) is 0 Å². The Kier molecular flexibility index (Phi) is 3.14. The molecule has 1 aromatic rings. The van der Waals surface area contributed by atoms with Gasteiger partial charge in [-0.2, -0.15) is 0 Å². The molecule has 0 unspecified atom stereocenters. The molecule has 0 saturated carbocycles. The lowest BCUT2D eigenvalue weighted by molar-refractivity contribution is -0.139. The molecule has 4 N–H and O–H groups in total. The first kappa shape index (κ1) is 13.0. The van der Waals surface area contributed by atoms with Gasteiger partial charge in [-0.25, -0.2) is 0 Å². The molecule has 0 fully saturated rings. The van der Waals surface area contributed by atoms with Crippen molar-refractivity contribution in [1.82, 2.24) is 0 Å². The van der Waals surface area contributed by atoms with Crippen molar-refractivity contribution in [2.45, 2.75) is 24.5 Å². The zero-order chi connectivity index (χ0) is 13.5. The average molecular weight is 270 g/mol. The van der Waals surface area contributed by atoms with Gasteiger partial charge in [0.2, 0.25) is 0 Å². The van der Waals surface area contributed by atoms with Crippen LogP contribution in [-0.4, -0.2) is 33.6 Å². The van der Waals surface area contributed by atoms with E-state index in [0.29, 0.717) is 16.1 Å². The molecule has 0 amide bonds. The number of carbonyl (C=O) groups is 2. The Morgan fingerprint density at radius 2 is 2.22 bits per heavy atom. The minimum Gasteiger partial charge on any atom is -0.480 e. The van der Waals surface area contributed by atoms with Crippen molar-refractivity contribution in [3.05, 3.63) is 34.3 Å². The number of carbonyl (C=O) groups excluding carboxylic acids is 1. The third-order valence-electron chi connectivity index (χ3n) is 3.09. The largest absolute Gasteiger partial charge is 0.480 e. The van der Waals surface area contributed by atoms with Gasteiger partial charge in [-0.15, -0.1) is 0 Å². The van der Waals surface area contributed by atoms with Gasteiger partial charge in [-0.1, -0.05) is 11.6 Å². The number of aliphatic hydroxyl groups is 1. The van der Waals surface area contributed by atoms with Crippen LogP contribution in [0.3, 0.4) is 0 Å². The van der Waals surface area contributed by atoms with Crippen LogP contribution >= 0.6 is 11.6 Å². The Hall–Kier alpha value is -1.43. The summed E-state index contributed by atoms with van der Waals surface area (Å²) in [6.45, 7) is 0. The molecule has 2 atom stereocenters. The van der Waals surface area contributed by atoms with Crippen LogP contribution in [0.5, 0.6) is 0 Å². The predicted molar refractivity (Wildman–Crippen MR) is 64.7 cm³/mol. The van der Waals surface area contributed by atoms with E-state index in [0.717, 1.165) is 0 Å². The molecule has 2 rings (SSSR count). The van der Waals surface area contributed by atoms with Gasteiger partial charge in [0.1, 0.15) is 11.6 Å². The molecule has 5 nitrogen and oxygen atoms in total. The highest BCUT2D eigenvalue weighted by Crippen LogP contribution is 2.34. The molecule has 1 aromatic carbocycles. The summed E-state index contributed by atoms with van der Waals surface area (Å²) in [5.74, 6) is -1.74. The van der Waals surface area contributed by atoms with Gasteiger partial charge in [0.15, 0.2) is 5.78 Å². The Labute approximate surface area is 108 Å². The molecule has 1 aliphatic rings. The molecule has 18 heavy (non-hydrogen) atoms. The monoisotopic (exact) mass is 269 g/mol. The first-order valence-corrected chi connectivity index (χ1v) is 5.75. The smallest absolute Gasteiger partial charge is 0.320 e. The van der Waals surface area contributed by atoms with Gasteiger partial charge in [-0.05, 0) is 23.8 Å². The second kappa shape index (κ2) is 4.35. The molecule has 1 aliphatic carbocycles. The highest BCUT2D eigenvalue weighted by Gasteiger charge is 2.45. The fraction of sp³-hybridized carbons (Fsp3) is 0.333. The van der Waals surface area contributed by atoms with Crippen LogP contribution in [0.25, 0.3) is 0 Å². The van der Waals surface area contributed by atoms with Gasteiger partial charge >= 0.3 is 5.97 Å². The van der Waals surface area contributed by atoms with E-state index < -0.39 is 23.4 Å². The van der Waals surface area contributed by atoms with E-state index in [2.05, 4.69) is 0 Å². The number of hydrogen-bond donors (Lipinski definition) is 3. The van der Waals surface area contributed by atoms with Crippen LogP contribution in [0, 0.1) is 0 Å². The molecule has 0 radical (unpaired) electrons. The summed E-state index contributed by atoms with van der Waals surface area (Å²) in [5, 5.41) is 19.5. The third-order valence-corrected chi connectivity index (χ3v) is 3.33. The number of carboxylic acids is 1. The Morgan fingerprint density at radius 1 is 1.56 bits per heavy atom. The second-order valence-electron chi connectivity index (χ2n) is 4.49. The number of aliphatic carboxylic acids is 1. The lowest BCUT2D eigenvalue weighted by Gasteiger charge is -2.22. The van der Waals surface area contributed by atoms with Crippen molar-refractivity contribution in [2.75, 3.05) is 0 Å². The lowest BCUT2D eigenvalue weighted by Crippen LogP contribution is -2.45. The van der Waals surface area contributed by atoms with Gasteiger partial charge in [0.25, 0.3) is 0 Å². The number of ketones is 1. The predicted octanol–water partition coefficient (Wildman–Crippen LogP) is 0.612. The highest BCUT2D eigenvalue weighted by molar-refractivity contribution is 6.30. The summed E-state index contributed by atoms with van der Waals surface area (Å²) >= 11 is 5.81. The van der Waals surface area contributed by atoms with Gasteiger partial charge < -0.3 is 15.9 Å². The van der Waals surface area contributed by atoms with Gasteiger partial charge in [-0.3, -0.25) is 9.59 Å². The summed E-state index contributed by atoms with van der Waals surface area (Å²) in [6.07, 6.45) is -0.268. The van der Waals surface area contributed by atoms with Gasteiger partial charge in [0.05, 0.1) is 0 Å². The Morgan fingerprint density at radius 3 is 2.83 bits per heavy atom. The number of hydrogen-bond acceptors (Lipinski definition) is 4. The summed E-state index contributed by atoms with van der Waals surface area (Å²) in [7, 11) is 0. The molecule has 0 saturated heterocycles. The topological polar surface area (TPSA) is 101 Å². The van der Waals surface area contributed by atoms with E-state index in [1.54, 1.807) is 12.1 Å². The first-order chi connectivity index (χ1) is 8.33. The van der Waals surface area contributed by atoms with Crippen LogP contribution in [0.2, 0.25) is 5.02 Å². The summed E-state index contributed by atoms with van der Waals surface area (Å²) in [4.78, 5) is 22.7. The normalized spacial score (nSPS) is 23.8. The fourth-order valence-corrected chi connectivity index (χ4v) is 2.39. The van der Waals surface area contributed by atoms with E-state index in [4.69, 9.17) is 22.4 Å². The minimum atomic E-state index is -1.75. The second-order valence-corrected chi connectivity index (χ2v) is 4.92. The Balaban J connectivity index is 2.29. The summed E-state index contributed by atoms with van der Waals surface area (Å²) < 4.78 is 0. The Bertz CT molecular complexity index is 531. The highest BCUT2D eigenvalue weighted by atomic mass is 35.5. The maximum atomic E-state index is 12.0. The number of Topliss-reactive ketones (excluding diaryl/α,β-unsaturated/α-hetero) is 1. The summed E-state index contributed by atoms with van der Waals surface area (Å²) in [6, 6.07) is 3.41. The molecule has 0 heterocycles. The van der Waals surface area contributed by atoms with Crippen LogP contribution in [0.1, 0.15) is 22.3 Å². The zero-order valence-corrected chi connectivity index (χ0v) is 10.1. The van der Waals surface area contributed by atoms with E-state index in [9.17, 15) is 14.7 Å². The van der Waals surface area contributed by atoms with Crippen LogP contribution in [-0.2, 0) is 11.2 Å². The van der Waals surface area contributed by atoms with Crippen LogP contribution < -0.4 is 5.73 Å². The maximum Gasteiger partial charge on any atom is 0.320 e.